The van der Waals surface area contributed by atoms with Gasteiger partial charge in [0.15, 0.2) is 15.8 Å². The molecule has 0 spiro atoms. The minimum Gasteiger partial charge on any atom is -0.507 e. The number of aromatic nitrogens is 2. The van der Waals surface area contributed by atoms with E-state index in [1.54, 1.807) is 54.6 Å². The largest absolute Gasteiger partial charge is 0.507 e. The van der Waals surface area contributed by atoms with E-state index in [2.05, 4.69) is 26.1 Å². The van der Waals surface area contributed by atoms with Crippen LogP contribution >= 0.6 is 39.0 Å². The van der Waals surface area contributed by atoms with Gasteiger partial charge in [0.1, 0.15) is 11.6 Å². The topological polar surface area (TPSA) is 102 Å². The van der Waals surface area contributed by atoms with Gasteiger partial charge in [-0.15, -0.1) is 10.2 Å². The van der Waals surface area contributed by atoms with Crippen LogP contribution in [-0.2, 0) is 15.3 Å². The van der Waals surface area contributed by atoms with Crippen molar-refractivity contribution in [1.82, 2.24) is 10.2 Å². The number of nitrogens with zero attached hydrogens (tertiary/aromatic N) is 3. The lowest BCUT2D eigenvalue weighted by Gasteiger charge is -2.23. The Balaban J connectivity index is 1.57. The van der Waals surface area contributed by atoms with Gasteiger partial charge >= 0.3 is 5.91 Å². The predicted octanol–water partition coefficient (Wildman–Crippen LogP) is 6.38. The lowest BCUT2D eigenvalue weighted by atomic mass is 9.95. The van der Waals surface area contributed by atoms with Crippen molar-refractivity contribution in [3.63, 3.8) is 0 Å². The van der Waals surface area contributed by atoms with Crippen molar-refractivity contribution in [3.8, 4) is 11.5 Å². The summed E-state index contributed by atoms with van der Waals surface area (Å²) in [5.41, 5.74) is 1.68. The second kappa shape index (κ2) is 11.8. The Morgan fingerprint density at radius 1 is 1.02 bits per heavy atom. The average Bonchev–Trinajstić information content (AvgIpc) is 3.54. The molecule has 8 nitrogen and oxygen atoms in total. The minimum atomic E-state index is -1.01. The number of thioether (sulfide) groups is 1. The number of rotatable bonds is 8. The van der Waals surface area contributed by atoms with Gasteiger partial charge in [0.25, 0.3) is 5.78 Å². The molecule has 1 aromatic heterocycles. The molecular formula is C28H21BrFN3O5S2. The van der Waals surface area contributed by atoms with Crippen LogP contribution in [0.2, 0.25) is 0 Å². The molecule has 1 atom stereocenters. The molecule has 1 amide bonds. The molecule has 1 saturated heterocycles. The molecule has 0 aliphatic carbocycles. The first-order valence-electron chi connectivity index (χ1n) is 11.8. The smallest absolute Gasteiger partial charge is 0.301 e. The van der Waals surface area contributed by atoms with Gasteiger partial charge in [-0.2, -0.15) is 0 Å². The van der Waals surface area contributed by atoms with E-state index in [1.807, 2.05) is 0 Å². The Hall–Kier alpha value is -3.74. The number of carbonyl (C=O) groups excluding carboxylic acids is 2. The van der Waals surface area contributed by atoms with Crippen LogP contribution < -0.4 is 14.4 Å². The SMILES string of the molecule is COc1ccc(C2/C(=C(/O)c3ccc(Br)cc3)C(=O)C(=O)N2c2nnc(SCc3ccc(F)cc3)s2)cc1OC. The zero-order valence-corrected chi connectivity index (χ0v) is 24.3. The Morgan fingerprint density at radius 2 is 1.73 bits per heavy atom. The summed E-state index contributed by atoms with van der Waals surface area (Å²) in [5, 5.41) is 19.9. The number of ketones is 1. The summed E-state index contributed by atoms with van der Waals surface area (Å²) in [7, 11) is 2.99. The van der Waals surface area contributed by atoms with Crippen LogP contribution in [0.15, 0.2) is 81.1 Å². The quantitative estimate of drug-likeness (QED) is 0.0778. The maximum Gasteiger partial charge on any atom is 0.301 e. The fourth-order valence-electron chi connectivity index (χ4n) is 4.22. The monoisotopic (exact) mass is 641 g/mol. The second-order valence-electron chi connectivity index (χ2n) is 8.56. The van der Waals surface area contributed by atoms with Crippen LogP contribution in [0, 0.1) is 5.82 Å². The normalized spacial score (nSPS) is 16.4. The van der Waals surface area contributed by atoms with Crippen molar-refractivity contribution in [2.45, 2.75) is 16.1 Å². The van der Waals surface area contributed by atoms with E-state index < -0.39 is 17.7 Å². The molecule has 1 N–H and O–H groups in total. The first-order valence-corrected chi connectivity index (χ1v) is 14.4. The number of benzene rings is 3. The Bertz CT molecular complexity index is 1610. The Labute approximate surface area is 245 Å². The van der Waals surface area contributed by atoms with Crippen molar-refractivity contribution < 1.29 is 28.6 Å². The lowest BCUT2D eigenvalue weighted by molar-refractivity contribution is -0.132. The van der Waals surface area contributed by atoms with E-state index in [9.17, 15) is 19.1 Å². The maximum atomic E-state index is 13.5. The molecule has 1 aliphatic rings. The number of Topliss-reactive ketones (excluding diaryl/α,β-unsaturated/α-hetero) is 1. The number of ether oxygens (including phenoxy) is 2. The highest BCUT2D eigenvalue weighted by molar-refractivity contribution is 9.10. The molecule has 5 rings (SSSR count). The molecule has 2 heterocycles. The molecule has 0 radical (unpaired) electrons. The van der Waals surface area contributed by atoms with Gasteiger partial charge in [0, 0.05) is 15.8 Å². The molecule has 3 aromatic carbocycles. The molecule has 0 saturated carbocycles. The number of methoxy groups -OCH3 is 2. The zero-order chi connectivity index (χ0) is 28.4. The fraction of sp³-hybridized carbons (Fsp3) is 0.143. The van der Waals surface area contributed by atoms with Crippen LogP contribution in [0.4, 0.5) is 9.52 Å². The first kappa shape index (κ1) is 27.8. The van der Waals surface area contributed by atoms with Gasteiger partial charge in [-0.1, -0.05) is 69.4 Å². The van der Waals surface area contributed by atoms with Crippen molar-refractivity contribution in [1.29, 1.82) is 0 Å². The summed E-state index contributed by atoms with van der Waals surface area (Å²) in [5.74, 6) is -0.963. The van der Waals surface area contributed by atoms with E-state index in [0.29, 0.717) is 32.7 Å². The van der Waals surface area contributed by atoms with E-state index in [-0.39, 0.29) is 22.3 Å². The molecule has 4 aromatic rings. The summed E-state index contributed by atoms with van der Waals surface area (Å²) < 4.78 is 25.4. The zero-order valence-electron chi connectivity index (χ0n) is 21.1. The van der Waals surface area contributed by atoms with Crippen LogP contribution in [-0.4, -0.2) is 41.2 Å². The Morgan fingerprint density at radius 3 is 2.40 bits per heavy atom. The molecule has 204 valence electrons. The second-order valence-corrected chi connectivity index (χ2v) is 11.7. The minimum absolute atomic E-state index is 0.0877. The summed E-state index contributed by atoms with van der Waals surface area (Å²) in [6.45, 7) is 0. The highest BCUT2D eigenvalue weighted by atomic mass is 79.9. The molecule has 12 heteroatoms. The third-order valence-electron chi connectivity index (χ3n) is 6.16. The maximum absolute atomic E-state index is 13.5. The average molecular weight is 643 g/mol. The molecule has 40 heavy (non-hydrogen) atoms. The summed E-state index contributed by atoms with van der Waals surface area (Å²) >= 11 is 5.88. The summed E-state index contributed by atoms with van der Waals surface area (Å²) in [4.78, 5) is 28.1. The highest BCUT2D eigenvalue weighted by Gasteiger charge is 2.48. The third kappa shape index (κ3) is 5.47. The van der Waals surface area contributed by atoms with Gasteiger partial charge in [-0.25, -0.2) is 4.39 Å². The lowest BCUT2D eigenvalue weighted by Crippen LogP contribution is -2.29. The highest BCUT2D eigenvalue weighted by Crippen LogP contribution is 2.45. The number of carbonyl (C=O) groups is 2. The molecular weight excluding hydrogens is 621 g/mol. The van der Waals surface area contributed by atoms with Gasteiger partial charge in [0.2, 0.25) is 5.13 Å². The number of halogens is 2. The molecule has 1 unspecified atom stereocenters. The number of hydrogen-bond donors (Lipinski definition) is 1. The number of aliphatic hydroxyl groups excluding tert-OH is 1. The third-order valence-corrected chi connectivity index (χ3v) is 8.82. The Kier molecular flexibility index (Phi) is 8.19. The van der Waals surface area contributed by atoms with E-state index in [4.69, 9.17) is 9.47 Å². The summed E-state index contributed by atoms with van der Waals surface area (Å²) in [6, 6.07) is 16.9. The van der Waals surface area contributed by atoms with Gasteiger partial charge in [0.05, 0.1) is 25.8 Å². The van der Waals surface area contributed by atoms with Crippen molar-refractivity contribution >= 4 is 61.6 Å². The number of aliphatic hydroxyl groups is 1. The van der Waals surface area contributed by atoms with Gasteiger partial charge < -0.3 is 14.6 Å². The molecule has 1 fully saturated rings. The number of hydrogen-bond acceptors (Lipinski definition) is 9. The van der Waals surface area contributed by atoms with Gasteiger partial charge in [-0.3, -0.25) is 14.5 Å². The van der Waals surface area contributed by atoms with Crippen molar-refractivity contribution in [2.75, 3.05) is 19.1 Å². The van der Waals surface area contributed by atoms with E-state index in [0.717, 1.165) is 21.4 Å². The van der Waals surface area contributed by atoms with E-state index in [1.165, 1.54) is 43.0 Å². The number of amides is 1. The summed E-state index contributed by atoms with van der Waals surface area (Å²) in [6.07, 6.45) is 0. The van der Waals surface area contributed by atoms with Crippen LogP contribution in [0.1, 0.15) is 22.7 Å². The van der Waals surface area contributed by atoms with Crippen LogP contribution in [0.5, 0.6) is 11.5 Å². The standard InChI is InChI=1S/C28H21BrFN3O5S2/c1-37-20-12-7-17(13-21(20)38-2)23-22(24(34)16-5-8-18(29)9-6-16)25(35)26(36)33(23)27-31-32-28(40-27)39-14-15-3-10-19(30)11-4-15/h3-13,23,34H,14H2,1-2H3/b24-22-. The molecule has 1 aliphatic heterocycles. The molecule has 0 bridgehead atoms. The van der Waals surface area contributed by atoms with Crippen LogP contribution in [0.3, 0.4) is 0 Å². The van der Waals surface area contributed by atoms with E-state index >= 15 is 0 Å². The number of anilines is 1. The van der Waals surface area contributed by atoms with Crippen molar-refractivity contribution in [3.05, 3.63) is 99.3 Å². The van der Waals surface area contributed by atoms with Crippen molar-refractivity contribution in [2.24, 2.45) is 0 Å². The van der Waals surface area contributed by atoms with Crippen LogP contribution in [0.25, 0.3) is 5.76 Å². The van der Waals surface area contributed by atoms with Gasteiger partial charge in [-0.05, 0) is 47.5 Å². The first-order chi connectivity index (χ1) is 19.3. The predicted molar refractivity (Wildman–Crippen MR) is 154 cm³/mol. The fourth-order valence-corrected chi connectivity index (χ4v) is 6.30.